The number of rotatable bonds is 4. The summed E-state index contributed by atoms with van der Waals surface area (Å²) in [4.78, 5) is 19.6. The SMILES string of the molecule is O=C(Nc1cnc(Oc2ccccc2F)nc1)Nc1ccccc1F. The van der Waals surface area contributed by atoms with Gasteiger partial charge in [0, 0.05) is 0 Å². The van der Waals surface area contributed by atoms with Gasteiger partial charge in [-0.2, -0.15) is 0 Å². The summed E-state index contributed by atoms with van der Waals surface area (Å²) in [5.74, 6) is -1.11. The predicted octanol–water partition coefficient (Wildman–Crippen LogP) is 4.19. The highest BCUT2D eigenvalue weighted by atomic mass is 19.1. The summed E-state index contributed by atoms with van der Waals surface area (Å²) >= 11 is 0. The largest absolute Gasteiger partial charge is 0.421 e. The molecule has 0 atom stereocenters. The van der Waals surface area contributed by atoms with Crippen LogP contribution in [-0.2, 0) is 0 Å². The van der Waals surface area contributed by atoms with Crippen molar-refractivity contribution in [2.75, 3.05) is 10.6 Å². The Bertz CT molecular complexity index is 888. The number of aromatic nitrogens is 2. The molecule has 8 heteroatoms. The van der Waals surface area contributed by atoms with Crippen LogP contribution >= 0.6 is 0 Å². The highest BCUT2D eigenvalue weighted by Gasteiger charge is 2.09. The van der Waals surface area contributed by atoms with Crippen molar-refractivity contribution in [3.8, 4) is 11.8 Å². The maximum absolute atomic E-state index is 13.5. The number of urea groups is 1. The molecule has 1 heterocycles. The number of nitrogens with zero attached hydrogens (tertiary/aromatic N) is 2. The molecule has 0 saturated heterocycles. The van der Waals surface area contributed by atoms with Crippen LogP contribution in [0.25, 0.3) is 0 Å². The molecule has 2 N–H and O–H groups in total. The van der Waals surface area contributed by atoms with Crippen molar-refractivity contribution in [2.24, 2.45) is 0 Å². The van der Waals surface area contributed by atoms with Crippen molar-refractivity contribution in [3.63, 3.8) is 0 Å². The van der Waals surface area contributed by atoms with Crippen LogP contribution in [-0.4, -0.2) is 16.0 Å². The first-order chi connectivity index (χ1) is 12.1. The topological polar surface area (TPSA) is 76.1 Å². The van der Waals surface area contributed by atoms with Crippen molar-refractivity contribution in [3.05, 3.63) is 72.6 Å². The quantitative estimate of drug-likeness (QED) is 0.745. The summed E-state index contributed by atoms with van der Waals surface area (Å²) in [6.07, 6.45) is 2.56. The Morgan fingerprint density at radius 1 is 0.880 bits per heavy atom. The van der Waals surface area contributed by atoms with Crippen LogP contribution in [0.5, 0.6) is 11.8 Å². The molecule has 0 spiro atoms. The van der Waals surface area contributed by atoms with E-state index in [1.165, 1.54) is 48.8 Å². The fourth-order valence-corrected chi connectivity index (χ4v) is 1.91. The van der Waals surface area contributed by atoms with E-state index in [-0.39, 0.29) is 23.1 Å². The lowest BCUT2D eigenvalue weighted by Gasteiger charge is -2.08. The van der Waals surface area contributed by atoms with E-state index in [1.807, 2.05) is 0 Å². The van der Waals surface area contributed by atoms with Gasteiger partial charge in [-0.1, -0.05) is 24.3 Å². The summed E-state index contributed by atoms with van der Waals surface area (Å²) in [5, 5.41) is 4.81. The van der Waals surface area contributed by atoms with Gasteiger partial charge >= 0.3 is 12.0 Å². The fourth-order valence-electron chi connectivity index (χ4n) is 1.91. The van der Waals surface area contributed by atoms with Gasteiger partial charge < -0.3 is 15.4 Å². The number of hydrogen-bond acceptors (Lipinski definition) is 4. The Morgan fingerprint density at radius 2 is 1.52 bits per heavy atom. The second-order valence-corrected chi connectivity index (χ2v) is 4.85. The lowest BCUT2D eigenvalue weighted by molar-refractivity contribution is 0.262. The van der Waals surface area contributed by atoms with E-state index < -0.39 is 17.7 Å². The molecule has 25 heavy (non-hydrogen) atoms. The molecule has 0 aliphatic heterocycles. The molecule has 0 aliphatic rings. The Labute approximate surface area is 141 Å². The number of carbonyl (C=O) groups is 1. The van der Waals surface area contributed by atoms with Crippen LogP contribution in [0.1, 0.15) is 0 Å². The van der Waals surface area contributed by atoms with Crippen molar-refractivity contribution in [2.45, 2.75) is 0 Å². The average molecular weight is 342 g/mol. The molecule has 0 unspecified atom stereocenters. The first-order valence-electron chi connectivity index (χ1n) is 7.19. The number of halogens is 2. The predicted molar refractivity (Wildman–Crippen MR) is 87.5 cm³/mol. The van der Waals surface area contributed by atoms with Crippen LogP contribution < -0.4 is 15.4 Å². The number of amides is 2. The smallest absolute Gasteiger partial charge is 0.323 e. The molecule has 0 fully saturated rings. The van der Waals surface area contributed by atoms with E-state index in [2.05, 4.69) is 20.6 Å². The van der Waals surface area contributed by atoms with Gasteiger partial charge in [-0.3, -0.25) is 0 Å². The zero-order valence-electron chi connectivity index (χ0n) is 12.7. The van der Waals surface area contributed by atoms with Gasteiger partial charge in [0.25, 0.3) is 0 Å². The maximum Gasteiger partial charge on any atom is 0.323 e. The van der Waals surface area contributed by atoms with Crippen molar-refractivity contribution in [1.29, 1.82) is 0 Å². The average Bonchev–Trinajstić information content (AvgIpc) is 2.61. The van der Waals surface area contributed by atoms with Gasteiger partial charge in [0.15, 0.2) is 11.6 Å². The minimum atomic E-state index is -0.656. The molecule has 126 valence electrons. The Kier molecular flexibility index (Phi) is 4.79. The normalized spacial score (nSPS) is 10.2. The van der Waals surface area contributed by atoms with Crippen molar-refractivity contribution >= 4 is 17.4 Å². The van der Waals surface area contributed by atoms with E-state index in [4.69, 9.17) is 4.74 Å². The highest BCUT2D eigenvalue weighted by Crippen LogP contribution is 2.21. The van der Waals surface area contributed by atoms with Crippen LogP contribution in [0.4, 0.5) is 25.0 Å². The first-order valence-corrected chi connectivity index (χ1v) is 7.19. The Balaban J connectivity index is 1.62. The molecule has 3 aromatic rings. The summed E-state index contributed by atoms with van der Waals surface area (Å²) in [7, 11) is 0. The first kappa shape index (κ1) is 16.3. The summed E-state index contributed by atoms with van der Waals surface area (Å²) in [6, 6.07) is 10.9. The second kappa shape index (κ2) is 7.35. The van der Waals surface area contributed by atoms with Crippen LogP contribution in [0.2, 0.25) is 0 Å². The molecule has 6 nitrogen and oxygen atoms in total. The van der Waals surface area contributed by atoms with Crippen LogP contribution in [0, 0.1) is 11.6 Å². The van der Waals surface area contributed by atoms with Gasteiger partial charge in [0.1, 0.15) is 5.82 Å². The summed E-state index contributed by atoms with van der Waals surface area (Å²) in [6.45, 7) is 0. The Hall–Kier alpha value is -3.55. The molecule has 0 bridgehead atoms. The number of ether oxygens (including phenoxy) is 1. The van der Waals surface area contributed by atoms with E-state index >= 15 is 0 Å². The van der Waals surface area contributed by atoms with Crippen molar-refractivity contribution < 1.29 is 18.3 Å². The lowest BCUT2D eigenvalue weighted by Crippen LogP contribution is -2.20. The summed E-state index contributed by atoms with van der Waals surface area (Å²) in [5.41, 5.74) is 0.301. The van der Waals surface area contributed by atoms with Gasteiger partial charge in [-0.25, -0.2) is 23.5 Å². The molecular weight excluding hydrogens is 330 g/mol. The van der Waals surface area contributed by atoms with Gasteiger partial charge in [0.2, 0.25) is 0 Å². The highest BCUT2D eigenvalue weighted by molar-refractivity contribution is 5.99. The molecular formula is C17H12F2N4O2. The van der Waals surface area contributed by atoms with Crippen LogP contribution in [0.3, 0.4) is 0 Å². The third-order valence-corrected chi connectivity index (χ3v) is 3.05. The van der Waals surface area contributed by atoms with E-state index in [0.29, 0.717) is 0 Å². The molecule has 2 aromatic carbocycles. The lowest BCUT2D eigenvalue weighted by atomic mass is 10.3. The third-order valence-electron chi connectivity index (χ3n) is 3.05. The number of nitrogens with one attached hydrogen (secondary N) is 2. The molecule has 0 aliphatic carbocycles. The van der Waals surface area contributed by atoms with Gasteiger partial charge in [-0.15, -0.1) is 0 Å². The molecule has 0 radical (unpaired) electrons. The zero-order chi connectivity index (χ0) is 17.6. The number of hydrogen-bond donors (Lipinski definition) is 2. The summed E-state index contributed by atoms with van der Waals surface area (Å²) < 4.78 is 32.2. The molecule has 0 saturated carbocycles. The van der Waals surface area contributed by atoms with Gasteiger partial charge in [0.05, 0.1) is 23.8 Å². The monoisotopic (exact) mass is 342 g/mol. The minimum Gasteiger partial charge on any atom is -0.421 e. The van der Waals surface area contributed by atoms with E-state index in [9.17, 15) is 13.6 Å². The van der Waals surface area contributed by atoms with Crippen molar-refractivity contribution in [1.82, 2.24) is 9.97 Å². The fraction of sp³-hybridized carbons (Fsp3) is 0. The third kappa shape index (κ3) is 4.25. The number of benzene rings is 2. The molecule has 2 amide bonds. The molecule has 1 aromatic heterocycles. The van der Waals surface area contributed by atoms with Crippen LogP contribution in [0.15, 0.2) is 60.9 Å². The second-order valence-electron chi connectivity index (χ2n) is 4.85. The maximum atomic E-state index is 13.5. The van der Waals surface area contributed by atoms with E-state index in [0.717, 1.165) is 0 Å². The standard InChI is InChI=1S/C17H12F2N4O2/c18-12-5-1-3-7-14(12)23-16(24)22-11-9-20-17(21-10-11)25-15-8-4-2-6-13(15)19/h1-10H,(H2,22,23,24). The number of para-hydroxylation sites is 2. The van der Waals surface area contributed by atoms with Gasteiger partial charge in [-0.05, 0) is 24.3 Å². The Morgan fingerprint density at radius 3 is 2.20 bits per heavy atom. The van der Waals surface area contributed by atoms with E-state index in [1.54, 1.807) is 12.1 Å². The zero-order valence-corrected chi connectivity index (χ0v) is 12.7. The number of carbonyl (C=O) groups excluding carboxylic acids is 1. The number of anilines is 2. The molecule has 3 rings (SSSR count). The minimum absolute atomic E-state index is 0.0134.